The summed E-state index contributed by atoms with van der Waals surface area (Å²) in [6.07, 6.45) is 0. The first kappa shape index (κ1) is 19.7. The summed E-state index contributed by atoms with van der Waals surface area (Å²) in [6, 6.07) is 1.34. The van der Waals surface area contributed by atoms with Crippen molar-refractivity contribution in [2.75, 3.05) is 14.2 Å². The van der Waals surface area contributed by atoms with E-state index in [9.17, 15) is 23.2 Å². The van der Waals surface area contributed by atoms with E-state index in [1.807, 2.05) is 13.8 Å². The highest BCUT2D eigenvalue weighted by atomic mass is 19.1. The van der Waals surface area contributed by atoms with Crippen LogP contribution in [0.1, 0.15) is 29.8 Å². The van der Waals surface area contributed by atoms with Gasteiger partial charge in [0.25, 0.3) is 0 Å². The van der Waals surface area contributed by atoms with Crippen LogP contribution in [0.15, 0.2) is 12.1 Å². The molecule has 0 aliphatic rings. The van der Waals surface area contributed by atoms with E-state index in [-0.39, 0.29) is 5.56 Å². The first-order chi connectivity index (χ1) is 10.3. The minimum Gasteiger partial charge on any atom is -0.468 e. The van der Waals surface area contributed by atoms with E-state index in [1.165, 1.54) is 6.92 Å². The average Bonchev–Trinajstić information content (AvgIpc) is 2.52. The summed E-state index contributed by atoms with van der Waals surface area (Å²) < 4.78 is 35.2. The van der Waals surface area contributed by atoms with E-state index in [2.05, 4.69) is 9.47 Å². The molecule has 0 N–H and O–H groups in total. The van der Waals surface area contributed by atoms with Crippen LogP contribution in [0.3, 0.4) is 0 Å². The van der Waals surface area contributed by atoms with Crippen LogP contribution in [0, 0.1) is 24.5 Å². The zero-order chi connectivity index (χ0) is 17.4. The van der Waals surface area contributed by atoms with E-state index in [1.54, 1.807) is 0 Å². The van der Waals surface area contributed by atoms with Crippen LogP contribution in [0.2, 0.25) is 0 Å². The molecule has 1 aromatic carbocycles. The van der Waals surface area contributed by atoms with Gasteiger partial charge in [-0.2, -0.15) is 0 Å². The van der Waals surface area contributed by atoms with Crippen LogP contribution in [-0.2, 0) is 19.1 Å². The molecular formula is C15H18F2O5. The monoisotopic (exact) mass is 316 g/mol. The Morgan fingerprint density at radius 2 is 1.45 bits per heavy atom. The quantitative estimate of drug-likeness (QED) is 0.485. The molecule has 1 aromatic rings. The summed E-state index contributed by atoms with van der Waals surface area (Å²) in [7, 11) is 1.95. The van der Waals surface area contributed by atoms with Crippen molar-refractivity contribution in [3.63, 3.8) is 0 Å². The second-order valence-corrected chi connectivity index (χ2v) is 3.90. The molecule has 0 unspecified atom stereocenters. The molecule has 0 radical (unpaired) electrons. The molecule has 0 amide bonds. The standard InChI is InChI=1S/C13H12F2O5.C2H6/c1-6-8(4-7(14)5-9(6)15)11(16)10(12(17)19-2)13(18)20-3;1-2/h4-5,10H,1-3H3;1-2H3. The normalized spacial score (nSPS) is 9.64. The SMILES string of the molecule is CC.COC(=O)C(C(=O)OC)C(=O)c1cc(F)cc(F)c1C. The molecule has 0 bridgehead atoms. The summed E-state index contributed by atoms with van der Waals surface area (Å²) in [5.74, 6) is -7.27. The van der Waals surface area contributed by atoms with Crippen molar-refractivity contribution >= 4 is 17.7 Å². The maximum atomic E-state index is 13.4. The molecule has 0 spiro atoms. The fraction of sp³-hybridized carbons (Fsp3) is 0.400. The van der Waals surface area contributed by atoms with Crippen molar-refractivity contribution in [1.82, 2.24) is 0 Å². The van der Waals surface area contributed by atoms with Crippen LogP contribution in [0.5, 0.6) is 0 Å². The number of ketones is 1. The highest BCUT2D eigenvalue weighted by Crippen LogP contribution is 2.20. The summed E-state index contributed by atoms with van der Waals surface area (Å²) in [6.45, 7) is 5.23. The number of carbonyl (C=O) groups excluding carboxylic acids is 3. The first-order valence-corrected chi connectivity index (χ1v) is 6.49. The third-order valence-electron chi connectivity index (χ3n) is 2.71. The zero-order valence-corrected chi connectivity index (χ0v) is 13.0. The molecule has 7 heteroatoms. The molecule has 22 heavy (non-hydrogen) atoms. The Labute approximate surface area is 127 Å². The number of rotatable bonds is 4. The molecular weight excluding hydrogens is 298 g/mol. The van der Waals surface area contributed by atoms with Gasteiger partial charge in [0.1, 0.15) is 11.6 Å². The Morgan fingerprint density at radius 1 is 1.00 bits per heavy atom. The van der Waals surface area contributed by atoms with Gasteiger partial charge < -0.3 is 9.47 Å². The zero-order valence-electron chi connectivity index (χ0n) is 13.0. The fourth-order valence-corrected chi connectivity index (χ4v) is 1.60. The molecule has 0 atom stereocenters. The number of benzene rings is 1. The van der Waals surface area contributed by atoms with Gasteiger partial charge in [0.2, 0.25) is 5.92 Å². The summed E-state index contributed by atoms with van der Waals surface area (Å²) in [5.41, 5.74) is -0.586. The van der Waals surface area contributed by atoms with E-state index in [0.717, 1.165) is 20.3 Å². The average molecular weight is 316 g/mol. The van der Waals surface area contributed by atoms with Crippen molar-refractivity contribution in [2.24, 2.45) is 5.92 Å². The molecule has 0 aliphatic heterocycles. The van der Waals surface area contributed by atoms with Gasteiger partial charge in [-0.25, -0.2) is 8.78 Å². The molecule has 0 saturated heterocycles. The fourth-order valence-electron chi connectivity index (χ4n) is 1.60. The lowest BCUT2D eigenvalue weighted by Gasteiger charge is -2.13. The van der Waals surface area contributed by atoms with Crippen molar-refractivity contribution in [3.05, 3.63) is 34.9 Å². The molecule has 0 fully saturated rings. The van der Waals surface area contributed by atoms with Crippen molar-refractivity contribution in [3.8, 4) is 0 Å². The van der Waals surface area contributed by atoms with E-state index in [0.29, 0.717) is 6.07 Å². The third-order valence-corrected chi connectivity index (χ3v) is 2.71. The highest BCUT2D eigenvalue weighted by Gasteiger charge is 2.37. The number of hydrogen-bond acceptors (Lipinski definition) is 5. The van der Waals surface area contributed by atoms with E-state index in [4.69, 9.17) is 0 Å². The molecule has 1 rings (SSSR count). The predicted octanol–water partition coefficient (Wildman–Crippen LogP) is 2.44. The number of esters is 2. The topological polar surface area (TPSA) is 69.7 Å². The lowest BCUT2D eigenvalue weighted by molar-refractivity contribution is -0.155. The summed E-state index contributed by atoms with van der Waals surface area (Å²) in [4.78, 5) is 35.1. The van der Waals surface area contributed by atoms with Gasteiger partial charge in [0, 0.05) is 11.6 Å². The number of hydrogen-bond donors (Lipinski definition) is 0. The molecule has 0 aliphatic carbocycles. The first-order valence-electron chi connectivity index (χ1n) is 6.49. The van der Waals surface area contributed by atoms with Crippen LogP contribution in [-0.4, -0.2) is 31.9 Å². The second-order valence-electron chi connectivity index (χ2n) is 3.90. The number of ether oxygens (including phenoxy) is 2. The molecule has 122 valence electrons. The van der Waals surface area contributed by atoms with Gasteiger partial charge in [-0.15, -0.1) is 0 Å². The van der Waals surface area contributed by atoms with E-state index < -0.39 is 40.8 Å². The van der Waals surface area contributed by atoms with Gasteiger partial charge in [-0.3, -0.25) is 14.4 Å². The largest absolute Gasteiger partial charge is 0.468 e. The second kappa shape index (κ2) is 8.86. The maximum Gasteiger partial charge on any atom is 0.328 e. The third kappa shape index (κ3) is 4.34. The molecule has 5 nitrogen and oxygen atoms in total. The van der Waals surface area contributed by atoms with Gasteiger partial charge in [0.05, 0.1) is 14.2 Å². The predicted molar refractivity (Wildman–Crippen MR) is 74.3 cm³/mol. The Hall–Kier alpha value is -2.31. The Kier molecular flexibility index (Phi) is 7.93. The molecule has 0 saturated carbocycles. The minimum absolute atomic E-state index is 0.172. The number of carbonyl (C=O) groups is 3. The lowest BCUT2D eigenvalue weighted by atomic mass is 9.94. The molecule has 0 aromatic heterocycles. The van der Waals surface area contributed by atoms with Gasteiger partial charge in [-0.05, 0) is 18.6 Å². The van der Waals surface area contributed by atoms with Crippen molar-refractivity contribution < 1.29 is 32.6 Å². The van der Waals surface area contributed by atoms with Gasteiger partial charge in [0.15, 0.2) is 5.78 Å². The lowest BCUT2D eigenvalue weighted by Crippen LogP contribution is -2.34. The molecule has 0 heterocycles. The van der Waals surface area contributed by atoms with Crippen LogP contribution >= 0.6 is 0 Å². The highest BCUT2D eigenvalue weighted by molar-refractivity contribution is 6.21. The summed E-state index contributed by atoms with van der Waals surface area (Å²) >= 11 is 0. The van der Waals surface area contributed by atoms with Crippen molar-refractivity contribution in [2.45, 2.75) is 20.8 Å². The maximum absolute atomic E-state index is 13.4. The van der Waals surface area contributed by atoms with Gasteiger partial charge >= 0.3 is 11.9 Å². The smallest absolute Gasteiger partial charge is 0.328 e. The van der Waals surface area contributed by atoms with Gasteiger partial charge in [-0.1, -0.05) is 13.8 Å². The van der Waals surface area contributed by atoms with Crippen LogP contribution in [0.4, 0.5) is 8.78 Å². The van der Waals surface area contributed by atoms with E-state index >= 15 is 0 Å². The number of halogens is 2. The van der Waals surface area contributed by atoms with Crippen molar-refractivity contribution in [1.29, 1.82) is 0 Å². The number of Topliss-reactive ketones (excluding diaryl/α,β-unsaturated/α-hetero) is 1. The minimum atomic E-state index is -1.91. The Bertz CT molecular complexity index is 553. The van der Waals surface area contributed by atoms with Crippen LogP contribution in [0.25, 0.3) is 0 Å². The summed E-state index contributed by atoms with van der Waals surface area (Å²) in [5, 5.41) is 0. The van der Waals surface area contributed by atoms with Crippen LogP contribution < -0.4 is 0 Å². The Morgan fingerprint density at radius 3 is 1.86 bits per heavy atom. The number of methoxy groups -OCH3 is 2. The Balaban J connectivity index is 0.00000211.